The van der Waals surface area contributed by atoms with Crippen molar-refractivity contribution in [2.75, 3.05) is 6.61 Å². The fourth-order valence-electron chi connectivity index (χ4n) is 2.95. The van der Waals surface area contributed by atoms with Crippen LogP contribution < -0.4 is 0 Å². The van der Waals surface area contributed by atoms with Crippen molar-refractivity contribution in [2.45, 2.75) is 20.8 Å². The van der Waals surface area contributed by atoms with E-state index in [0.717, 1.165) is 17.1 Å². The highest BCUT2D eigenvalue weighted by Crippen LogP contribution is 2.22. The number of ether oxygens (including phenoxy) is 1. The van der Waals surface area contributed by atoms with Crippen LogP contribution in [-0.4, -0.2) is 27.9 Å². The maximum Gasteiger partial charge on any atom is 0.340 e. The van der Waals surface area contributed by atoms with E-state index >= 15 is 0 Å². The van der Waals surface area contributed by atoms with Gasteiger partial charge in [0.05, 0.1) is 5.56 Å². The number of aryl methyl sites for hydroxylation is 2. The van der Waals surface area contributed by atoms with E-state index in [1.165, 1.54) is 11.8 Å². The molecule has 0 bridgehead atoms. The Balaban J connectivity index is 1.76. The molecule has 0 spiro atoms. The smallest absolute Gasteiger partial charge is 0.340 e. The minimum atomic E-state index is -0.579. The van der Waals surface area contributed by atoms with Crippen molar-refractivity contribution in [3.05, 3.63) is 81.3 Å². The highest BCUT2D eigenvalue weighted by atomic mass is 79.9. The molecule has 6 heteroatoms. The number of hydrogen-bond donors (Lipinski definition) is 0. The number of ketones is 1. The van der Waals surface area contributed by atoms with Crippen molar-refractivity contribution in [1.29, 1.82) is 0 Å². The molecule has 5 nitrogen and oxygen atoms in total. The van der Waals surface area contributed by atoms with Gasteiger partial charge in [-0.1, -0.05) is 17.7 Å². The van der Waals surface area contributed by atoms with Gasteiger partial charge in [0.25, 0.3) is 0 Å². The van der Waals surface area contributed by atoms with Crippen LogP contribution >= 0.6 is 15.9 Å². The van der Waals surface area contributed by atoms with Crippen molar-refractivity contribution in [2.24, 2.45) is 0 Å². The number of benzene rings is 1. The first-order valence-electron chi connectivity index (χ1n) is 8.43. The highest BCUT2D eigenvalue weighted by Gasteiger charge is 2.18. The molecule has 0 aliphatic rings. The lowest BCUT2D eigenvalue weighted by Gasteiger charge is -2.10. The average Bonchev–Trinajstić information content (AvgIpc) is 2.94. The number of nitrogens with zero attached hydrogens (tertiary/aromatic N) is 2. The van der Waals surface area contributed by atoms with Gasteiger partial charge in [-0.05, 0) is 61.0 Å². The zero-order valence-corrected chi connectivity index (χ0v) is 16.9. The van der Waals surface area contributed by atoms with Crippen LogP contribution in [0, 0.1) is 20.8 Å². The third-order valence-corrected chi connectivity index (χ3v) is 4.73. The summed E-state index contributed by atoms with van der Waals surface area (Å²) in [4.78, 5) is 28.6. The van der Waals surface area contributed by atoms with Gasteiger partial charge >= 0.3 is 5.97 Å². The second kappa shape index (κ2) is 7.88. The molecule has 2 aromatic heterocycles. The number of Topliss-reactive ketones (excluding diaryl/α,β-unsaturated/α-hetero) is 1. The van der Waals surface area contributed by atoms with Crippen LogP contribution in [-0.2, 0) is 4.74 Å². The van der Waals surface area contributed by atoms with Gasteiger partial charge in [-0.3, -0.25) is 9.78 Å². The quantitative estimate of drug-likeness (QED) is 0.441. The third-order valence-electron chi connectivity index (χ3n) is 4.30. The zero-order chi connectivity index (χ0) is 19.6. The Hall–Kier alpha value is -2.73. The van der Waals surface area contributed by atoms with Crippen molar-refractivity contribution in [3.8, 4) is 5.69 Å². The SMILES string of the molecule is Cc1ccc(-n2c(C)cc(C(=O)COC(=O)c3cncc(Br)c3)c2C)cc1. The second-order valence-corrected chi connectivity index (χ2v) is 7.26. The summed E-state index contributed by atoms with van der Waals surface area (Å²) in [5, 5.41) is 0. The van der Waals surface area contributed by atoms with Crippen LogP contribution in [0.15, 0.2) is 53.3 Å². The number of rotatable bonds is 5. The topological polar surface area (TPSA) is 61.2 Å². The van der Waals surface area contributed by atoms with Crippen LogP contribution in [0.3, 0.4) is 0 Å². The molecule has 3 aromatic rings. The lowest BCUT2D eigenvalue weighted by atomic mass is 10.1. The van der Waals surface area contributed by atoms with Gasteiger partial charge in [0.2, 0.25) is 5.78 Å². The van der Waals surface area contributed by atoms with Crippen molar-refractivity contribution in [1.82, 2.24) is 9.55 Å². The molecule has 3 rings (SSSR count). The van der Waals surface area contributed by atoms with Gasteiger partial charge in [-0.25, -0.2) is 4.79 Å². The van der Waals surface area contributed by atoms with Crippen LogP contribution in [0.25, 0.3) is 5.69 Å². The van der Waals surface area contributed by atoms with Gasteiger partial charge in [0.15, 0.2) is 6.61 Å². The van der Waals surface area contributed by atoms with Gasteiger partial charge in [-0.2, -0.15) is 0 Å². The molecule has 0 amide bonds. The van der Waals surface area contributed by atoms with E-state index in [2.05, 4.69) is 20.9 Å². The van der Waals surface area contributed by atoms with Gasteiger partial charge in [0.1, 0.15) is 0 Å². The van der Waals surface area contributed by atoms with Gasteiger partial charge in [0, 0.05) is 39.5 Å². The number of carbonyl (C=O) groups excluding carboxylic acids is 2. The Labute approximate surface area is 166 Å². The molecule has 0 radical (unpaired) electrons. The van der Waals surface area contributed by atoms with E-state index in [1.54, 1.807) is 12.3 Å². The molecular weight excluding hydrogens is 408 g/mol. The van der Waals surface area contributed by atoms with Crippen molar-refractivity contribution >= 4 is 27.7 Å². The Morgan fingerprint density at radius 3 is 2.44 bits per heavy atom. The highest BCUT2D eigenvalue weighted by molar-refractivity contribution is 9.10. The summed E-state index contributed by atoms with van der Waals surface area (Å²) < 4.78 is 7.86. The minimum absolute atomic E-state index is 0.238. The minimum Gasteiger partial charge on any atom is -0.454 e. The number of halogens is 1. The molecule has 0 N–H and O–H groups in total. The van der Waals surface area contributed by atoms with Gasteiger partial charge in [-0.15, -0.1) is 0 Å². The van der Waals surface area contributed by atoms with E-state index in [-0.39, 0.29) is 12.4 Å². The first-order valence-corrected chi connectivity index (χ1v) is 9.23. The fraction of sp³-hybridized carbons (Fsp3) is 0.190. The molecule has 0 aliphatic heterocycles. The Morgan fingerprint density at radius 1 is 1.07 bits per heavy atom. The fourth-order valence-corrected chi connectivity index (χ4v) is 3.32. The lowest BCUT2D eigenvalue weighted by Crippen LogP contribution is -2.15. The maximum absolute atomic E-state index is 12.6. The molecule has 0 unspecified atom stereocenters. The first kappa shape index (κ1) is 19.0. The van der Waals surface area contributed by atoms with Crippen LogP contribution in [0.2, 0.25) is 0 Å². The predicted octanol–water partition coefficient (Wildman–Crippen LogP) is 4.60. The largest absolute Gasteiger partial charge is 0.454 e. The van der Waals surface area contributed by atoms with E-state index < -0.39 is 5.97 Å². The summed E-state index contributed by atoms with van der Waals surface area (Å²) in [5.74, 6) is -0.817. The van der Waals surface area contributed by atoms with Crippen LogP contribution in [0.1, 0.15) is 37.7 Å². The molecule has 2 heterocycles. The Kier molecular flexibility index (Phi) is 5.56. The monoisotopic (exact) mass is 426 g/mol. The third kappa shape index (κ3) is 4.17. The molecule has 0 saturated heterocycles. The number of aromatic nitrogens is 2. The standard InChI is InChI=1S/C21H19BrN2O3/c1-13-4-6-18(7-5-13)24-14(2)8-19(15(24)3)20(25)12-27-21(26)16-9-17(22)11-23-10-16/h4-11H,12H2,1-3H3. The van der Waals surface area contributed by atoms with E-state index in [9.17, 15) is 9.59 Å². The summed E-state index contributed by atoms with van der Waals surface area (Å²) in [5.41, 5.74) is 4.78. The summed E-state index contributed by atoms with van der Waals surface area (Å²) in [6.07, 6.45) is 2.97. The zero-order valence-electron chi connectivity index (χ0n) is 15.3. The molecule has 0 fully saturated rings. The number of esters is 1. The number of pyridine rings is 1. The molecule has 1 aromatic carbocycles. The first-order chi connectivity index (χ1) is 12.9. The second-order valence-electron chi connectivity index (χ2n) is 6.35. The molecule has 138 valence electrons. The van der Waals surface area contributed by atoms with E-state index in [1.807, 2.05) is 55.7 Å². The normalized spacial score (nSPS) is 10.7. The van der Waals surface area contributed by atoms with Gasteiger partial charge < -0.3 is 9.30 Å². The van der Waals surface area contributed by atoms with E-state index in [0.29, 0.717) is 15.6 Å². The summed E-state index contributed by atoms with van der Waals surface area (Å²) >= 11 is 3.25. The molecule has 0 aliphatic carbocycles. The molecule has 0 atom stereocenters. The Morgan fingerprint density at radius 2 is 1.78 bits per heavy atom. The summed E-state index contributed by atoms with van der Waals surface area (Å²) in [6.45, 7) is 5.55. The molecule has 0 saturated carbocycles. The molecular formula is C21H19BrN2O3. The summed E-state index contributed by atoms with van der Waals surface area (Å²) in [7, 11) is 0. The van der Waals surface area contributed by atoms with Crippen LogP contribution in [0.5, 0.6) is 0 Å². The van der Waals surface area contributed by atoms with Crippen molar-refractivity contribution < 1.29 is 14.3 Å². The van der Waals surface area contributed by atoms with Crippen molar-refractivity contribution in [3.63, 3.8) is 0 Å². The lowest BCUT2D eigenvalue weighted by molar-refractivity contribution is 0.0474. The summed E-state index contributed by atoms with van der Waals surface area (Å²) in [6, 6.07) is 11.5. The molecule has 27 heavy (non-hydrogen) atoms. The van der Waals surface area contributed by atoms with Crippen LogP contribution in [0.4, 0.5) is 0 Å². The average molecular weight is 427 g/mol. The predicted molar refractivity (Wildman–Crippen MR) is 107 cm³/mol. The maximum atomic E-state index is 12.6. The number of hydrogen-bond acceptors (Lipinski definition) is 4. The number of carbonyl (C=O) groups is 2. The Bertz CT molecular complexity index is 1010. The van der Waals surface area contributed by atoms with E-state index in [4.69, 9.17) is 4.74 Å².